The van der Waals surface area contributed by atoms with Crippen LogP contribution in [-0.2, 0) is 24.2 Å². The van der Waals surface area contributed by atoms with Gasteiger partial charge in [-0.05, 0) is 42.5 Å². The van der Waals surface area contributed by atoms with Crippen molar-refractivity contribution in [2.75, 3.05) is 11.1 Å². The fourth-order valence-corrected chi connectivity index (χ4v) is 4.70. The third kappa shape index (κ3) is 4.02. The third-order valence-electron chi connectivity index (χ3n) is 5.52. The number of aryl methyl sites for hydroxylation is 3. The molecule has 0 aliphatic heterocycles. The number of carbonyl (C=O) groups is 1. The van der Waals surface area contributed by atoms with Crippen LogP contribution in [0, 0.1) is 0 Å². The number of nitrogens with zero attached hydrogens (tertiary/aromatic N) is 4. The zero-order valence-corrected chi connectivity index (χ0v) is 19.4. The highest BCUT2D eigenvalue weighted by atomic mass is 32.2. The number of nitrogens with one attached hydrogen (secondary N) is 1. The van der Waals surface area contributed by atoms with Gasteiger partial charge in [-0.15, -0.1) is 10.2 Å². The Bertz CT molecular complexity index is 1320. The van der Waals surface area contributed by atoms with Gasteiger partial charge in [0.25, 0.3) is 5.56 Å². The lowest BCUT2D eigenvalue weighted by Crippen LogP contribution is -2.23. The standard InChI is InChI=1S/C24H27N5O2S/c1-4-14-28-22(31)18-12-7-8-13-19(18)29-23(28)26-27-24(29)32-15-20(30)25-21-16(5-2)10-9-11-17(21)6-3/h7-13H,4-6,14-15H2,1-3H3,(H,25,30). The number of rotatable bonds is 8. The number of thioether (sulfide) groups is 1. The first-order chi connectivity index (χ1) is 15.6. The molecule has 2 heterocycles. The fourth-order valence-electron chi connectivity index (χ4n) is 3.96. The minimum Gasteiger partial charge on any atom is -0.325 e. The summed E-state index contributed by atoms with van der Waals surface area (Å²) in [5, 5.41) is 12.9. The molecule has 8 heteroatoms. The summed E-state index contributed by atoms with van der Waals surface area (Å²) in [6.07, 6.45) is 2.51. The van der Waals surface area contributed by atoms with Crippen molar-refractivity contribution in [1.82, 2.24) is 19.2 Å². The van der Waals surface area contributed by atoms with E-state index in [1.54, 1.807) is 4.57 Å². The quantitative estimate of drug-likeness (QED) is 0.406. The van der Waals surface area contributed by atoms with E-state index in [0.717, 1.165) is 41.6 Å². The van der Waals surface area contributed by atoms with Crippen LogP contribution < -0.4 is 10.9 Å². The van der Waals surface area contributed by atoms with Crippen molar-refractivity contribution in [3.05, 3.63) is 63.9 Å². The van der Waals surface area contributed by atoms with Gasteiger partial charge in [-0.25, -0.2) is 0 Å². The van der Waals surface area contributed by atoms with E-state index in [1.807, 2.05) is 53.8 Å². The Morgan fingerprint density at radius 3 is 2.41 bits per heavy atom. The molecule has 4 aromatic rings. The lowest BCUT2D eigenvalue weighted by atomic mass is 10.0. The van der Waals surface area contributed by atoms with Crippen molar-refractivity contribution in [2.24, 2.45) is 0 Å². The summed E-state index contributed by atoms with van der Waals surface area (Å²) in [5.41, 5.74) is 3.85. The van der Waals surface area contributed by atoms with Crippen molar-refractivity contribution in [1.29, 1.82) is 0 Å². The van der Waals surface area contributed by atoms with Gasteiger partial charge in [-0.1, -0.05) is 62.9 Å². The number of anilines is 1. The van der Waals surface area contributed by atoms with Crippen LogP contribution in [0.1, 0.15) is 38.3 Å². The molecule has 0 aliphatic carbocycles. The number of hydrogen-bond donors (Lipinski definition) is 1. The van der Waals surface area contributed by atoms with Gasteiger partial charge in [0.05, 0.1) is 16.7 Å². The molecular formula is C24H27N5O2S. The van der Waals surface area contributed by atoms with Crippen LogP contribution in [0.15, 0.2) is 52.4 Å². The monoisotopic (exact) mass is 449 g/mol. The highest BCUT2D eigenvalue weighted by molar-refractivity contribution is 7.99. The van der Waals surface area contributed by atoms with E-state index < -0.39 is 0 Å². The summed E-state index contributed by atoms with van der Waals surface area (Å²) in [5.74, 6) is 0.611. The molecule has 166 valence electrons. The van der Waals surface area contributed by atoms with Crippen LogP contribution in [0.4, 0.5) is 5.69 Å². The summed E-state index contributed by atoms with van der Waals surface area (Å²) >= 11 is 1.32. The predicted molar refractivity (Wildman–Crippen MR) is 130 cm³/mol. The van der Waals surface area contributed by atoms with E-state index in [9.17, 15) is 9.59 Å². The molecule has 0 radical (unpaired) electrons. The Kier molecular flexibility index (Phi) is 6.60. The number of carbonyl (C=O) groups excluding carboxylic acids is 1. The number of para-hydroxylation sites is 2. The topological polar surface area (TPSA) is 81.3 Å². The molecule has 4 rings (SSSR count). The Morgan fingerprint density at radius 1 is 1.00 bits per heavy atom. The minimum atomic E-state index is -0.0893. The second kappa shape index (κ2) is 9.56. The van der Waals surface area contributed by atoms with E-state index in [0.29, 0.717) is 22.9 Å². The Balaban J connectivity index is 1.65. The molecule has 32 heavy (non-hydrogen) atoms. The highest BCUT2D eigenvalue weighted by Gasteiger charge is 2.18. The second-order valence-corrected chi connectivity index (χ2v) is 8.53. The smallest absolute Gasteiger partial charge is 0.262 e. The first-order valence-corrected chi connectivity index (χ1v) is 12.0. The molecule has 0 bridgehead atoms. The zero-order valence-electron chi connectivity index (χ0n) is 18.6. The fraction of sp³-hybridized carbons (Fsp3) is 0.333. The molecule has 2 aromatic heterocycles. The number of fused-ring (bicyclic) bond motifs is 3. The van der Waals surface area contributed by atoms with Gasteiger partial charge in [-0.3, -0.25) is 18.6 Å². The summed E-state index contributed by atoms with van der Waals surface area (Å²) in [6, 6.07) is 13.6. The number of aromatic nitrogens is 4. The van der Waals surface area contributed by atoms with Gasteiger partial charge in [0.1, 0.15) is 0 Å². The first kappa shape index (κ1) is 22.1. The number of benzene rings is 2. The maximum Gasteiger partial charge on any atom is 0.262 e. The molecule has 0 aliphatic rings. The van der Waals surface area contributed by atoms with E-state index >= 15 is 0 Å². The van der Waals surface area contributed by atoms with Crippen molar-refractivity contribution in [3.63, 3.8) is 0 Å². The Labute approximate surface area is 190 Å². The average molecular weight is 450 g/mol. The molecule has 0 spiro atoms. The summed E-state index contributed by atoms with van der Waals surface area (Å²) < 4.78 is 3.53. The lowest BCUT2D eigenvalue weighted by Gasteiger charge is -2.14. The van der Waals surface area contributed by atoms with Crippen LogP contribution in [-0.4, -0.2) is 30.8 Å². The van der Waals surface area contributed by atoms with Gasteiger partial charge in [0, 0.05) is 12.2 Å². The maximum absolute atomic E-state index is 12.9. The number of amides is 1. The molecule has 7 nitrogen and oxygen atoms in total. The second-order valence-electron chi connectivity index (χ2n) is 7.59. The van der Waals surface area contributed by atoms with Gasteiger partial charge in [-0.2, -0.15) is 0 Å². The summed E-state index contributed by atoms with van der Waals surface area (Å²) in [4.78, 5) is 25.8. The highest BCUT2D eigenvalue weighted by Crippen LogP contribution is 2.25. The molecule has 2 aromatic carbocycles. The van der Waals surface area contributed by atoms with Crippen molar-refractivity contribution < 1.29 is 4.79 Å². The maximum atomic E-state index is 12.9. The van der Waals surface area contributed by atoms with Crippen molar-refractivity contribution in [2.45, 2.75) is 51.7 Å². The minimum absolute atomic E-state index is 0.0695. The molecule has 0 saturated heterocycles. The SMILES string of the molecule is CCCn1c(=O)c2ccccc2n2c(SCC(=O)Nc3c(CC)cccc3CC)nnc12. The zero-order chi connectivity index (χ0) is 22.7. The van der Waals surface area contributed by atoms with Gasteiger partial charge in [0.2, 0.25) is 11.7 Å². The van der Waals surface area contributed by atoms with Gasteiger partial charge >= 0.3 is 0 Å². The van der Waals surface area contributed by atoms with E-state index in [2.05, 4.69) is 29.4 Å². The molecule has 1 amide bonds. The lowest BCUT2D eigenvalue weighted by molar-refractivity contribution is -0.113. The predicted octanol–water partition coefficient (Wildman–Crippen LogP) is 4.31. The molecule has 1 N–H and O–H groups in total. The van der Waals surface area contributed by atoms with Crippen LogP contribution >= 0.6 is 11.8 Å². The van der Waals surface area contributed by atoms with Crippen LogP contribution in [0.2, 0.25) is 0 Å². The van der Waals surface area contributed by atoms with E-state index in [4.69, 9.17) is 0 Å². The largest absolute Gasteiger partial charge is 0.325 e. The summed E-state index contributed by atoms with van der Waals surface area (Å²) in [6.45, 7) is 6.75. The molecule has 0 atom stereocenters. The summed E-state index contributed by atoms with van der Waals surface area (Å²) in [7, 11) is 0. The van der Waals surface area contributed by atoms with Gasteiger partial charge < -0.3 is 5.32 Å². The molecular weight excluding hydrogens is 422 g/mol. The Morgan fingerprint density at radius 2 is 1.72 bits per heavy atom. The molecule has 0 fully saturated rings. The van der Waals surface area contributed by atoms with Crippen LogP contribution in [0.25, 0.3) is 16.7 Å². The van der Waals surface area contributed by atoms with Crippen LogP contribution in [0.3, 0.4) is 0 Å². The normalized spacial score (nSPS) is 11.3. The van der Waals surface area contributed by atoms with E-state index in [1.165, 1.54) is 11.8 Å². The number of hydrogen-bond acceptors (Lipinski definition) is 5. The van der Waals surface area contributed by atoms with Crippen molar-refractivity contribution >= 4 is 40.0 Å². The van der Waals surface area contributed by atoms with Crippen LogP contribution in [0.5, 0.6) is 0 Å². The Hall–Kier alpha value is -3.13. The molecule has 0 unspecified atom stereocenters. The first-order valence-electron chi connectivity index (χ1n) is 11.0. The third-order valence-corrected chi connectivity index (χ3v) is 6.45. The van der Waals surface area contributed by atoms with Crippen molar-refractivity contribution in [3.8, 4) is 0 Å². The average Bonchev–Trinajstić information content (AvgIpc) is 3.24. The van der Waals surface area contributed by atoms with E-state index in [-0.39, 0.29) is 17.2 Å². The van der Waals surface area contributed by atoms with Gasteiger partial charge in [0.15, 0.2) is 5.16 Å². The molecule has 0 saturated carbocycles.